The minimum Gasteiger partial charge on any atom is -0.466 e. The van der Waals surface area contributed by atoms with Crippen molar-refractivity contribution in [1.82, 2.24) is 5.32 Å². The molecule has 1 amide bonds. The summed E-state index contributed by atoms with van der Waals surface area (Å²) in [5.74, 6) is 0.395. The first-order valence-corrected chi connectivity index (χ1v) is 8.81. The number of hydrogen-bond donors (Lipinski definition) is 2. The van der Waals surface area contributed by atoms with E-state index in [0.717, 1.165) is 38.5 Å². The van der Waals surface area contributed by atoms with Gasteiger partial charge in [-0.3, -0.25) is 9.59 Å². The van der Waals surface area contributed by atoms with Gasteiger partial charge in [-0.25, -0.2) is 0 Å². The molecule has 2 rings (SSSR count). The number of carbonyl (C=O) groups is 2. The van der Waals surface area contributed by atoms with Gasteiger partial charge < -0.3 is 15.8 Å². The van der Waals surface area contributed by atoms with Gasteiger partial charge in [-0.05, 0) is 51.4 Å². The lowest BCUT2D eigenvalue weighted by atomic mass is 9.82. The number of esters is 1. The van der Waals surface area contributed by atoms with Crippen LogP contribution in [0.1, 0.15) is 64.7 Å². The fourth-order valence-electron chi connectivity index (χ4n) is 3.75. The minimum absolute atomic E-state index is 0.0138. The molecule has 5 nitrogen and oxygen atoms in total. The van der Waals surface area contributed by atoms with E-state index < -0.39 is 0 Å². The molecule has 0 heterocycles. The van der Waals surface area contributed by atoms with Crippen LogP contribution in [0.15, 0.2) is 0 Å². The number of nitrogens with one attached hydrogen (secondary N) is 1. The van der Waals surface area contributed by atoms with Gasteiger partial charge in [-0.2, -0.15) is 0 Å². The predicted octanol–water partition coefficient (Wildman–Crippen LogP) is 2.13. The third-order valence-electron chi connectivity index (χ3n) is 5.13. The van der Waals surface area contributed by atoms with Crippen molar-refractivity contribution in [2.24, 2.45) is 17.6 Å². The molecule has 0 aromatic heterocycles. The van der Waals surface area contributed by atoms with Crippen molar-refractivity contribution in [3.05, 3.63) is 0 Å². The van der Waals surface area contributed by atoms with Gasteiger partial charge in [-0.1, -0.05) is 12.8 Å². The first-order chi connectivity index (χ1) is 10.6. The van der Waals surface area contributed by atoms with Crippen LogP contribution in [0.25, 0.3) is 0 Å². The van der Waals surface area contributed by atoms with Crippen LogP contribution in [0, 0.1) is 11.8 Å². The molecule has 3 N–H and O–H groups in total. The Balaban J connectivity index is 1.69. The Morgan fingerprint density at radius 1 is 1.09 bits per heavy atom. The SMILES string of the molecule is CCOC(=O)C1CCC(NC(=O)CC2CCCCC2N)CC1. The van der Waals surface area contributed by atoms with Crippen LogP contribution < -0.4 is 11.1 Å². The second kappa shape index (κ2) is 8.51. The molecular weight excluding hydrogens is 280 g/mol. The molecule has 0 radical (unpaired) electrons. The van der Waals surface area contributed by atoms with Crippen molar-refractivity contribution in [3.63, 3.8) is 0 Å². The first-order valence-electron chi connectivity index (χ1n) is 8.81. The van der Waals surface area contributed by atoms with E-state index in [9.17, 15) is 9.59 Å². The van der Waals surface area contributed by atoms with Crippen LogP contribution in [0.5, 0.6) is 0 Å². The van der Waals surface area contributed by atoms with E-state index in [-0.39, 0.29) is 29.9 Å². The smallest absolute Gasteiger partial charge is 0.308 e. The highest BCUT2D eigenvalue weighted by atomic mass is 16.5. The summed E-state index contributed by atoms with van der Waals surface area (Å²) in [6.45, 7) is 2.27. The molecule has 2 atom stereocenters. The van der Waals surface area contributed by atoms with E-state index in [1.807, 2.05) is 6.92 Å². The molecule has 5 heteroatoms. The Morgan fingerprint density at radius 3 is 2.41 bits per heavy atom. The number of hydrogen-bond acceptors (Lipinski definition) is 4. The van der Waals surface area contributed by atoms with Crippen LogP contribution in [0.3, 0.4) is 0 Å². The highest BCUT2D eigenvalue weighted by molar-refractivity contribution is 5.76. The van der Waals surface area contributed by atoms with E-state index in [1.165, 1.54) is 12.8 Å². The van der Waals surface area contributed by atoms with Crippen molar-refractivity contribution < 1.29 is 14.3 Å². The summed E-state index contributed by atoms with van der Waals surface area (Å²) < 4.78 is 5.07. The molecule has 2 aliphatic carbocycles. The zero-order chi connectivity index (χ0) is 15.9. The fourth-order valence-corrected chi connectivity index (χ4v) is 3.75. The van der Waals surface area contributed by atoms with Crippen molar-refractivity contribution in [3.8, 4) is 0 Å². The van der Waals surface area contributed by atoms with Gasteiger partial charge in [0.15, 0.2) is 0 Å². The summed E-state index contributed by atoms with van der Waals surface area (Å²) in [5.41, 5.74) is 6.11. The minimum atomic E-state index is -0.0829. The van der Waals surface area contributed by atoms with Gasteiger partial charge in [0, 0.05) is 18.5 Å². The van der Waals surface area contributed by atoms with Crippen LogP contribution in [0.4, 0.5) is 0 Å². The van der Waals surface area contributed by atoms with Gasteiger partial charge in [0.2, 0.25) is 5.91 Å². The molecule has 0 aliphatic heterocycles. The normalized spacial score (nSPS) is 32.3. The number of ether oxygens (including phenoxy) is 1. The summed E-state index contributed by atoms with van der Waals surface area (Å²) in [6, 6.07) is 0.386. The lowest BCUT2D eigenvalue weighted by Gasteiger charge is -2.30. The van der Waals surface area contributed by atoms with E-state index in [0.29, 0.717) is 18.9 Å². The van der Waals surface area contributed by atoms with E-state index in [1.54, 1.807) is 0 Å². The van der Waals surface area contributed by atoms with Crippen LogP contribution in [0.2, 0.25) is 0 Å². The van der Waals surface area contributed by atoms with Crippen LogP contribution in [-0.4, -0.2) is 30.6 Å². The van der Waals surface area contributed by atoms with Gasteiger partial charge in [-0.15, -0.1) is 0 Å². The Bertz CT molecular complexity index is 378. The Labute approximate surface area is 133 Å². The molecule has 0 saturated heterocycles. The average Bonchev–Trinajstić information content (AvgIpc) is 2.50. The monoisotopic (exact) mass is 310 g/mol. The summed E-state index contributed by atoms with van der Waals surface area (Å²) >= 11 is 0. The van der Waals surface area contributed by atoms with Gasteiger partial charge in [0.05, 0.1) is 12.5 Å². The highest BCUT2D eigenvalue weighted by Crippen LogP contribution is 2.27. The quantitative estimate of drug-likeness (QED) is 0.762. The standard InChI is InChI=1S/C17H30N2O3/c1-2-22-17(21)12-7-9-14(10-8-12)19-16(20)11-13-5-3-4-6-15(13)18/h12-15H,2-11,18H2,1H3,(H,19,20). The first kappa shape index (κ1) is 17.3. The second-order valence-corrected chi connectivity index (χ2v) is 6.78. The van der Waals surface area contributed by atoms with Crippen molar-refractivity contribution in [2.75, 3.05) is 6.61 Å². The van der Waals surface area contributed by atoms with Gasteiger partial charge >= 0.3 is 5.97 Å². The maximum absolute atomic E-state index is 12.2. The Hall–Kier alpha value is -1.10. The Morgan fingerprint density at radius 2 is 1.77 bits per heavy atom. The summed E-state index contributed by atoms with van der Waals surface area (Å²) in [5, 5.41) is 3.13. The third-order valence-corrected chi connectivity index (χ3v) is 5.13. The van der Waals surface area contributed by atoms with Gasteiger partial charge in [0.25, 0.3) is 0 Å². The summed E-state index contributed by atoms with van der Waals surface area (Å²) in [4.78, 5) is 23.9. The predicted molar refractivity (Wildman–Crippen MR) is 85.1 cm³/mol. The van der Waals surface area contributed by atoms with E-state index in [4.69, 9.17) is 10.5 Å². The molecule has 0 spiro atoms. The lowest BCUT2D eigenvalue weighted by molar-refractivity contribution is -0.149. The molecule has 0 bridgehead atoms. The van der Waals surface area contributed by atoms with Crippen LogP contribution >= 0.6 is 0 Å². The molecule has 2 aliphatic rings. The third kappa shape index (κ3) is 4.97. The average molecular weight is 310 g/mol. The zero-order valence-electron chi connectivity index (χ0n) is 13.7. The summed E-state index contributed by atoms with van der Waals surface area (Å²) in [7, 11) is 0. The number of amides is 1. The molecule has 126 valence electrons. The lowest BCUT2D eigenvalue weighted by Crippen LogP contribution is -2.42. The van der Waals surface area contributed by atoms with Crippen molar-refractivity contribution in [1.29, 1.82) is 0 Å². The molecule has 0 aromatic carbocycles. The maximum atomic E-state index is 12.2. The topological polar surface area (TPSA) is 81.4 Å². The molecule has 2 saturated carbocycles. The Kier molecular flexibility index (Phi) is 6.68. The molecule has 0 aromatic rings. The largest absolute Gasteiger partial charge is 0.466 e. The fraction of sp³-hybridized carbons (Fsp3) is 0.882. The molecule has 2 fully saturated rings. The van der Waals surface area contributed by atoms with Gasteiger partial charge in [0.1, 0.15) is 0 Å². The highest BCUT2D eigenvalue weighted by Gasteiger charge is 2.29. The van der Waals surface area contributed by atoms with Crippen LogP contribution in [-0.2, 0) is 14.3 Å². The number of carbonyl (C=O) groups excluding carboxylic acids is 2. The molecule has 2 unspecified atom stereocenters. The van der Waals surface area contributed by atoms with Crippen molar-refractivity contribution >= 4 is 11.9 Å². The number of rotatable bonds is 5. The van der Waals surface area contributed by atoms with Crippen molar-refractivity contribution in [2.45, 2.75) is 76.8 Å². The maximum Gasteiger partial charge on any atom is 0.308 e. The summed E-state index contributed by atoms with van der Waals surface area (Å²) in [6.07, 6.45) is 8.41. The zero-order valence-corrected chi connectivity index (χ0v) is 13.7. The molecule has 22 heavy (non-hydrogen) atoms. The molecular formula is C17H30N2O3. The van der Waals surface area contributed by atoms with E-state index in [2.05, 4.69) is 5.32 Å². The second-order valence-electron chi connectivity index (χ2n) is 6.78. The van der Waals surface area contributed by atoms with E-state index >= 15 is 0 Å². The number of nitrogens with two attached hydrogens (primary N) is 1.